The van der Waals surface area contributed by atoms with E-state index in [4.69, 9.17) is 0 Å². The van der Waals surface area contributed by atoms with Crippen molar-refractivity contribution in [2.75, 3.05) is 0 Å². The van der Waals surface area contributed by atoms with Crippen LogP contribution in [0.4, 0.5) is 0 Å². The molecule has 0 aliphatic heterocycles. The Morgan fingerprint density at radius 3 is 2.36 bits per heavy atom. The summed E-state index contributed by atoms with van der Waals surface area (Å²) in [6.07, 6.45) is 5.37. The molecule has 0 saturated carbocycles. The minimum atomic E-state index is 0. The van der Waals surface area contributed by atoms with Crippen molar-refractivity contribution >= 4 is 23.1 Å². The predicted octanol–water partition coefficient (Wildman–Crippen LogP) is -2.15. The molecule has 1 aromatic rings. The first-order valence-electron chi connectivity index (χ1n) is 3.10. The Morgan fingerprint density at radius 2 is 1.91 bits per heavy atom. The van der Waals surface area contributed by atoms with Gasteiger partial charge in [0.05, 0.1) is 0 Å². The Balaban J connectivity index is 0. The summed E-state index contributed by atoms with van der Waals surface area (Å²) in [4.78, 5) is 8.00. The number of halogens is 1. The maximum atomic E-state index is 4.00. The molecule has 0 atom stereocenters. The number of aromatic nitrogens is 2. The molecule has 0 N–H and O–H groups in total. The van der Waals surface area contributed by atoms with Gasteiger partial charge in [0, 0.05) is 6.42 Å². The molecule has 0 bridgehead atoms. The summed E-state index contributed by atoms with van der Waals surface area (Å²) in [7, 11) is 0. The molecular weight excluding hydrogens is 172 g/mol. The van der Waals surface area contributed by atoms with Gasteiger partial charge in [-0.1, -0.05) is 6.92 Å². The van der Waals surface area contributed by atoms with Crippen LogP contribution in [0.3, 0.4) is 0 Å². The normalized spacial score (nSPS) is 7.73. The smallest absolute Gasteiger partial charge is 1.00 e. The molecule has 0 saturated heterocycles. The minimum absolute atomic E-state index is 0. The van der Waals surface area contributed by atoms with Crippen LogP contribution in [0.5, 0.6) is 0 Å². The SMILES string of the molecule is CCCc1nc[c-]cn1.[Cl-].[Mg+2]. The van der Waals surface area contributed by atoms with Gasteiger partial charge in [0.1, 0.15) is 5.82 Å². The fraction of sp³-hybridized carbons (Fsp3) is 0.429. The molecule has 0 fully saturated rings. The van der Waals surface area contributed by atoms with Crippen molar-refractivity contribution in [1.82, 2.24) is 9.97 Å². The number of nitrogens with zero attached hydrogens (tertiary/aromatic N) is 2. The van der Waals surface area contributed by atoms with Gasteiger partial charge in [-0.25, -0.2) is 0 Å². The van der Waals surface area contributed by atoms with Gasteiger partial charge in [0.25, 0.3) is 0 Å². The summed E-state index contributed by atoms with van der Waals surface area (Å²) in [5.41, 5.74) is 0. The van der Waals surface area contributed by atoms with Crippen molar-refractivity contribution in [1.29, 1.82) is 0 Å². The maximum Gasteiger partial charge on any atom is 2.00 e. The van der Waals surface area contributed by atoms with Crippen molar-refractivity contribution in [3.05, 3.63) is 24.3 Å². The van der Waals surface area contributed by atoms with E-state index in [1.165, 1.54) is 0 Å². The van der Waals surface area contributed by atoms with Crippen LogP contribution >= 0.6 is 0 Å². The minimum Gasteiger partial charge on any atom is -1.00 e. The number of rotatable bonds is 2. The second-order valence-electron chi connectivity index (χ2n) is 1.85. The third-order valence-electron chi connectivity index (χ3n) is 1.05. The number of hydrogen-bond donors (Lipinski definition) is 0. The number of aryl methyl sites for hydroxylation is 1. The summed E-state index contributed by atoms with van der Waals surface area (Å²) in [5.74, 6) is 0.913. The second-order valence-corrected chi connectivity index (χ2v) is 1.85. The van der Waals surface area contributed by atoms with Crippen molar-refractivity contribution in [2.45, 2.75) is 19.8 Å². The monoisotopic (exact) mass is 180 g/mol. The van der Waals surface area contributed by atoms with Crippen LogP contribution in [0.1, 0.15) is 19.2 Å². The average Bonchev–Trinajstić information content (AvgIpc) is 1.91. The zero-order valence-corrected chi connectivity index (χ0v) is 8.72. The zero-order valence-electron chi connectivity index (χ0n) is 6.55. The molecule has 0 aromatic carbocycles. The molecule has 56 valence electrons. The third kappa shape index (κ3) is 5.41. The zero-order chi connectivity index (χ0) is 6.53. The molecule has 0 spiro atoms. The van der Waals surface area contributed by atoms with Gasteiger partial charge >= 0.3 is 23.1 Å². The summed E-state index contributed by atoms with van der Waals surface area (Å²) in [6, 6.07) is 2.77. The van der Waals surface area contributed by atoms with Crippen LogP contribution < -0.4 is 12.4 Å². The fourth-order valence-corrected chi connectivity index (χ4v) is 0.643. The fourth-order valence-electron chi connectivity index (χ4n) is 0.643. The van der Waals surface area contributed by atoms with E-state index in [1.807, 2.05) is 0 Å². The van der Waals surface area contributed by atoms with Gasteiger partial charge < -0.3 is 18.5 Å². The molecule has 1 rings (SSSR count). The van der Waals surface area contributed by atoms with Gasteiger partial charge in [0.2, 0.25) is 0 Å². The molecule has 0 aliphatic carbocycles. The van der Waals surface area contributed by atoms with Crippen molar-refractivity contribution in [3.8, 4) is 0 Å². The average molecular weight is 181 g/mol. The molecule has 1 aromatic heterocycles. The molecule has 1 heterocycles. The van der Waals surface area contributed by atoms with E-state index in [9.17, 15) is 0 Å². The van der Waals surface area contributed by atoms with Gasteiger partial charge in [-0.3, -0.25) is 9.97 Å². The van der Waals surface area contributed by atoms with E-state index in [1.54, 1.807) is 12.4 Å². The summed E-state index contributed by atoms with van der Waals surface area (Å²) in [6.45, 7) is 2.11. The van der Waals surface area contributed by atoms with Crippen molar-refractivity contribution < 1.29 is 12.4 Å². The second kappa shape index (κ2) is 8.23. The topological polar surface area (TPSA) is 25.8 Å². The molecule has 4 heteroatoms. The Bertz CT molecular complexity index is 169. The molecule has 11 heavy (non-hydrogen) atoms. The first kappa shape index (κ1) is 13.7. The van der Waals surface area contributed by atoms with Crippen LogP contribution in [0, 0.1) is 6.07 Å². The van der Waals surface area contributed by atoms with Crippen LogP contribution in [-0.4, -0.2) is 33.0 Å². The van der Waals surface area contributed by atoms with Gasteiger partial charge in [-0.05, 0) is 6.42 Å². The van der Waals surface area contributed by atoms with Crippen LogP contribution in [0.2, 0.25) is 0 Å². The van der Waals surface area contributed by atoms with E-state index >= 15 is 0 Å². The van der Waals surface area contributed by atoms with Crippen LogP contribution in [0.25, 0.3) is 0 Å². The molecule has 2 nitrogen and oxygen atoms in total. The summed E-state index contributed by atoms with van der Waals surface area (Å²) < 4.78 is 0. The predicted molar refractivity (Wildman–Crippen MR) is 40.6 cm³/mol. The Kier molecular flexibility index (Phi) is 10.3. The Morgan fingerprint density at radius 1 is 1.36 bits per heavy atom. The molecule has 0 radical (unpaired) electrons. The molecule has 0 unspecified atom stereocenters. The first-order chi connectivity index (χ1) is 4.43. The van der Waals surface area contributed by atoms with Gasteiger partial charge in [-0.2, -0.15) is 0 Å². The van der Waals surface area contributed by atoms with E-state index in [2.05, 4.69) is 23.0 Å². The van der Waals surface area contributed by atoms with Crippen LogP contribution in [0.15, 0.2) is 12.4 Å². The van der Waals surface area contributed by atoms with Gasteiger partial charge in [-0.15, -0.1) is 12.4 Å². The first-order valence-corrected chi connectivity index (χ1v) is 3.10. The summed E-state index contributed by atoms with van der Waals surface area (Å²) >= 11 is 0. The van der Waals surface area contributed by atoms with Crippen molar-refractivity contribution in [3.63, 3.8) is 0 Å². The quantitative estimate of drug-likeness (QED) is 0.384. The standard InChI is InChI=1S/C7H9N2.ClH.Mg/c1-2-4-7-8-5-3-6-9-7;;/h5-6H,2,4H2,1H3;1H;/q-1;;+2/p-1. The molecular formula is C7H9ClMgN2. The van der Waals surface area contributed by atoms with E-state index < -0.39 is 0 Å². The van der Waals surface area contributed by atoms with E-state index in [-0.39, 0.29) is 35.5 Å². The third-order valence-corrected chi connectivity index (χ3v) is 1.05. The van der Waals surface area contributed by atoms with Gasteiger partial charge in [0.15, 0.2) is 0 Å². The van der Waals surface area contributed by atoms with Crippen LogP contribution in [-0.2, 0) is 6.42 Å². The largest absolute Gasteiger partial charge is 2.00 e. The van der Waals surface area contributed by atoms with E-state index in [0.29, 0.717) is 0 Å². The maximum absolute atomic E-state index is 4.00. The van der Waals surface area contributed by atoms with E-state index in [0.717, 1.165) is 18.7 Å². The van der Waals surface area contributed by atoms with Crippen molar-refractivity contribution in [2.24, 2.45) is 0 Å². The molecule has 0 aliphatic rings. The summed E-state index contributed by atoms with van der Waals surface area (Å²) in [5, 5.41) is 0. The number of hydrogen-bond acceptors (Lipinski definition) is 2. The Hall–Kier alpha value is 0.136. The molecule has 0 amide bonds. The Labute approximate surface area is 89.4 Å².